The molecule has 3 amide bonds. The van der Waals surface area contributed by atoms with Gasteiger partial charge in [-0.2, -0.15) is 0 Å². The summed E-state index contributed by atoms with van der Waals surface area (Å²) in [5.41, 5.74) is 5.04. The van der Waals surface area contributed by atoms with E-state index in [4.69, 9.17) is 4.74 Å². The fourth-order valence-corrected chi connectivity index (χ4v) is 4.77. The Morgan fingerprint density at radius 1 is 0.800 bits per heavy atom. The first-order chi connectivity index (χ1) is 19.5. The summed E-state index contributed by atoms with van der Waals surface area (Å²) in [4.78, 5) is 40.9. The maximum atomic E-state index is 13.6. The van der Waals surface area contributed by atoms with Crippen LogP contribution in [0, 0.1) is 6.92 Å². The van der Waals surface area contributed by atoms with Crippen LogP contribution < -0.4 is 10.6 Å². The molecule has 0 radical (unpaired) electrons. The van der Waals surface area contributed by atoms with Crippen LogP contribution in [0.15, 0.2) is 109 Å². The van der Waals surface area contributed by atoms with Crippen molar-refractivity contribution in [3.8, 4) is 0 Å². The van der Waals surface area contributed by atoms with Gasteiger partial charge >= 0.3 is 6.09 Å². The molecular weight excluding hydrogens is 502 g/mol. The standard InChI is InChI=1S/C33H31N3O4/c1-23-15-17-26(18-16-23)22-36-30(32(38)34-21-25-11-6-3-7-12-25)31(40-33(36)39)27-13-8-14-28(20-27)35-29(37)19-24-9-4-2-5-10-24/h2-18,20,30-31H,19,21-22H2,1H3,(H,34,38)(H,35,37)/t30-,31-/m1/s1. The van der Waals surface area contributed by atoms with Gasteiger partial charge in [-0.25, -0.2) is 4.79 Å². The molecule has 4 aromatic carbocycles. The highest BCUT2D eigenvalue weighted by Crippen LogP contribution is 2.35. The third kappa shape index (κ3) is 6.56. The van der Waals surface area contributed by atoms with Crippen molar-refractivity contribution in [2.45, 2.75) is 38.6 Å². The van der Waals surface area contributed by atoms with Crippen LogP contribution >= 0.6 is 0 Å². The number of rotatable bonds is 9. The lowest BCUT2D eigenvalue weighted by Crippen LogP contribution is -2.46. The number of ether oxygens (including phenoxy) is 1. The number of nitrogens with one attached hydrogen (secondary N) is 2. The van der Waals surface area contributed by atoms with Gasteiger partial charge in [0.2, 0.25) is 11.8 Å². The summed E-state index contributed by atoms with van der Waals surface area (Å²) in [5, 5.41) is 5.90. The lowest BCUT2D eigenvalue weighted by atomic mass is 9.99. The van der Waals surface area contributed by atoms with E-state index in [1.165, 1.54) is 4.90 Å². The summed E-state index contributed by atoms with van der Waals surface area (Å²) in [7, 11) is 0. The molecule has 1 saturated heterocycles. The van der Waals surface area contributed by atoms with Gasteiger partial charge in [0.15, 0.2) is 12.1 Å². The Kier molecular flexibility index (Phi) is 8.21. The van der Waals surface area contributed by atoms with Gasteiger partial charge in [0, 0.05) is 12.2 Å². The number of amides is 3. The lowest BCUT2D eigenvalue weighted by Gasteiger charge is -2.24. The Balaban J connectivity index is 1.37. The Morgan fingerprint density at radius 3 is 2.17 bits per heavy atom. The summed E-state index contributed by atoms with van der Waals surface area (Å²) in [6.07, 6.45) is -1.18. The monoisotopic (exact) mass is 533 g/mol. The van der Waals surface area contributed by atoms with E-state index in [-0.39, 0.29) is 24.8 Å². The maximum absolute atomic E-state index is 13.6. The summed E-state index contributed by atoms with van der Waals surface area (Å²) in [5.74, 6) is -0.477. The second kappa shape index (κ2) is 12.3. The van der Waals surface area contributed by atoms with Crippen molar-refractivity contribution >= 4 is 23.6 Å². The SMILES string of the molecule is Cc1ccc(CN2C(=O)O[C@H](c3cccc(NC(=O)Cc4ccccc4)c3)[C@@H]2C(=O)NCc2ccccc2)cc1. The fourth-order valence-electron chi connectivity index (χ4n) is 4.77. The highest BCUT2D eigenvalue weighted by Gasteiger charge is 2.47. The predicted octanol–water partition coefficient (Wildman–Crippen LogP) is 5.55. The first kappa shape index (κ1) is 26.7. The van der Waals surface area contributed by atoms with E-state index in [9.17, 15) is 14.4 Å². The molecule has 0 unspecified atom stereocenters. The normalized spacial score (nSPS) is 16.3. The Morgan fingerprint density at radius 2 is 1.48 bits per heavy atom. The number of hydrogen-bond acceptors (Lipinski definition) is 4. The number of anilines is 1. The quantitative estimate of drug-likeness (QED) is 0.295. The molecule has 0 aromatic heterocycles. The van der Waals surface area contributed by atoms with Crippen LogP contribution in [0.5, 0.6) is 0 Å². The predicted molar refractivity (Wildman–Crippen MR) is 153 cm³/mol. The Hall–Kier alpha value is -4.91. The summed E-state index contributed by atoms with van der Waals surface area (Å²) < 4.78 is 5.81. The minimum absolute atomic E-state index is 0.162. The van der Waals surface area contributed by atoms with E-state index in [0.29, 0.717) is 17.8 Å². The molecule has 40 heavy (non-hydrogen) atoms. The van der Waals surface area contributed by atoms with Gasteiger partial charge < -0.3 is 15.4 Å². The second-order valence-electron chi connectivity index (χ2n) is 9.90. The van der Waals surface area contributed by atoms with E-state index in [2.05, 4.69) is 10.6 Å². The van der Waals surface area contributed by atoms with Crippen molar-refractivity contribution in [2.24, 2.45) is 0 Å². The molecule has 202 valence electrons. The third-order valence-electron chi connectivity index (χ3n) is 6.84. The largest absolute Gasteiger partial charge is 0.438 e. The average Bonchev–Trinajstić information content (AvgIpc) is 3.29. The van der Waals surface area contributed by atoms with E-state index >= 15 is 0 Å². The number of hydrogen-bond donors (Lipinski definition) is 2. The Bertz CT molecular complexity index is 1470. The van der Waals surface area contributed by atoms with Crippen LogP contribution in [0.3, 0.4) is 0 Å². The van der Waals surface area contributed by atoms with Crippen molar-refractivity contribution in [3.05, 3.63) is 137 Å². The molecule has 1 heterocycles. The van der Waals surface area contributed by atoms with Crippen molar-refractivity contribution in [3.63, 3.8) is 0 Å². The number of benzene rings is 4. The molecule has 7 heteroatoms. The van der Waals surface area contributed by atoms with Crippen LogP contribution in [0.4, 0.5) is 10.5 Å². The second-order valence-corrected chi connectivity index (χ2v) is 9.90. The van der Waals surface area contributed by atoms with Gasteiger partial charge in [-0.15, -0.1) is 0 Å². The van der Waals surface area contributed by atoms with Gasteiger partial charge in [-0.3, -0.25) is 14.5 Å². The molecular formula is C33H31N3O4. The minimum Gasteiger partial charge on any atom is -0.438 e. The van der Waals surface area contributed by atoms with Crippen LogP contribution in [-0.4, -0.2) is 28.8 Å². The first-order valence-corrected chi connectivity index (χ1v) is 13.2. The smallest absolute Gasteiger partial charge is 0.411 e. The molecule has 0 bridgehead atoms. The van der Waals surface area contributed by atoms with Crippen LogP contribution in [0.1, 0.15) is 33.9 Å². The molecule has 1 aliphatic rings. The van der Waals surface area contributed by atoms with Crippen molar-refractivity contribution in [1.29, 1.82) is 0 Å². The maximum Gasteiger partial charge on any atom is 0.411 e. The van der Waals surface area contributed by atoms with Crippen LogP contribution in [0.2, 0.25) is 0 Å². The summed E-state index contributed by atoms with van der Waals surface area (Å²) in [6, 6.07) is 33.1. The minimum atomic E-state index is -0.896. The van der Waals surface area contributed by atoms with Crippen molar-refractivity contribution in [2.75, 3.05) is 5.32 Å². The van der Waals surface area contributed by atoms with Crippen molar-refractivity contribution in [1.82, 2.24) is 10.2 Å². The number of carbonyl (C=O) groups excluding carboxylic acids is 3. The molecule has 7 nitrogen and oxygen atoms in total. The van der Waals surface area contributed by atoms with Gasteiger partial charge in [0.1, 0.15) is 0 Å². The van der Waals surface area contributed by atoms with Crippen LogP contribution in [-0.2, 0) is 33.8 Å². The average molecular weight is 534 g/mol. The van der Waals surface area contributed by atoms with E-state index in [1.807, 2.05) is 91.9 Å². The zero-order valence-electron chi connectivity index (χ0n) is 22.2. The van der Waals surface area contributed by atoms with Crippen LogP contribution in [0.25, 0.3) is 0 Å². The van der Waals surface area contributed by atoms with E-state index in [0.717, 1.165) is 22.3 Å². The molecule has 4 aromatic rings. The van der Waals surface area contributed by atoms with Gasteiger partial charge in [0.05, 0.1) is 13.0 Å². The molecule has 0 saturated carbocycles. The van der Waals surface area contributed by atoms with Gasteiger partial charge in [-0.1, -0.05) is 103 Å². The highest BCUT2D eigenvalue weighted by molar-refractivity contribution is 5.92. The number of aryl methyl sites for hydroxylation is 1. The lowest BCUT2D eigenvalue weighted by molar-refractivity contribution is -0.126. The molecule has 1 fully saturated rings. The first-order valence-electron chi connectivity index (χ1n) is 13.2. The zero-order chi connectivity index (χ0) is 27.9. The molecule has 0 aliphatic carbocycles. The molecule has 2 atom stereocenters. The number of carbonyl (C=O) groups is 3. The molecule has 1 aliphatic heterocycles. The van der Waals surface area contributed by atoms with Gasteiger partial charge in [-0.05, 0) is 41.3 Å². The fraction of sp³-hybridized carbons (Fsp3) is 0.182. The number of cyclic esters (lactones) is 1. The van der Waals surface area contributed by atoms with E-state index in [1.54, 1.807) is 24.3 Å². The number of nitrogens with zero attached hydrogens (tertiary/aromatic N) is 1. The van der Waals surface area contributed by atoms with Crippen molar-refractivity contribution < 1.29 is 19.1 Å². The molecule has 0 spiro atoms. The molecule has 2 N–H and O–H groups in total. The highest BCUT2D eigenvalue weighted by atomic mass is 16.6. The zero-order valence-corrected chi connectivity index (χ0v) is 22.2. The third-order valence-corrected chi connectivity index (χ3v) is 6.84. The Labute approximate surface area is 233 Å². The molecule has 5 rings (SSSR count). The van der Waals surface area contributed by atoms with Gasteiger partial charge in [0.25, 0.3) is 0 Å². The topological polar surface area (TPSA) is 87.7 Å². The summed E-state index contributed by atoms with van der Waals surface area (Å²) in [6.45, 7) is 2.55. The summed E-state index contributed by atoms with van der Waals surface area (Å²) >= 11 is 0. The van der Waals surface area contributed by atoms with E-state index < -0.39 is 18.2 Å².